The van der Waals surface area contributed by atoms with E-state index in [2.05, 4.69) is 4.98 Å². The Labute approximate surface area is 169 Å². The minimum absolute atomic E-state index is 0.0308. The van der Waals surface area contributed by atoms with Gasteiger partial charge in [-0.15, -0.1) is 0 Å². The highest BCUT2D eigenvalue weighted by Crippen LogP contribution is 2.25. The average Bonchev–Trinajstić information content (AvgIpc) is 3.22. The molecule has 0 spiro atoms. The van der Waals surface area contributed by atoms with Crippen LogP contribution in [0.5, 0.6) is 0 Å². The number of ether oxygens (including phenoxy) is 1. The molecule has 0 atom stereocenters. The fourth-order valence-corrected chi connectivity index (χ4v) is 3.00. The van der Waals surface area contributed by atoms with Crippen LogP contribution in [0.1, 0.15) is 21.9 Å². The second-order valence-corrected chi connectivity index (χ2v) is 6.49. The summed E-state index contributed by atoms with van der Waals surface area (Å²) in [5.74, 6) is -0.375. The van der Waals surface area contributed by atoms with E-state index in [9.17, 15) is 19.7 Å². The monoisotopic (exact) mass is 405 g/mol. The summed E-state index contributed by atoms with van der Waals surface area (Å²) in [6.07, 6.45) is 0. The number of aryl methyl sites for hydroxylation is 1. The van der Waals surface area contributed by atoms with Crippen molar-refractivity contribution >= 4 is 17.3 Å². The number of fused-ring (bicyclic) bond motifs is 1. The molecule has 1 aromatic carbocycles. The van der Waals surface area contributed by atoms with Crippen molar-refractivity contribution in [3.8, 4) is 11.3 Å². The summed E-state index contributed by atoms with van der Waals surface area (Å²) in [5, 5.41) is 10.7. The van der Waals surface area contributed by atoms with Crippen molar-refractivity contribution in [3.63, 3.8) is 0 Å². The van der Waals surface area contributed by atoms with Crippen LogP contribution in [0.2, 0.25) is 0 Å². The number of esters is 1. The normalized spacial score (nSPS) is 10.8. The van der Waals surface area contributed by atoms with Crippen LogP contribution in [0, 0.1) is 17.0 Å². The van der Waals surface area contributed by atoms with E-state index in [1.807, 2.05) is 0 Å². The molecule has 150 valence electrons. The Morgan fingerprint density at radius 3 is 2.67 bits per heavy atom. The second kappa shape index (κ2) is 7.63. The van der Waals surface area contributed by atoms with E-state index >= 15 is 0 Å². The molecular weight excluding hydrogens is 390 g/mol. The average molecular weight is 405 g/mol. The van der Waals surface area contributed by atoms with Gasteiger partial charge in [0, 0.05) is 29.5 Å². The van der Waals surface area contributed by atoms with Crippen molar-refractivity contribution in [1.29, 1.82) is 0 Å². The lowest BCUT2D eigenvalue weighted by Gasteiger charge is -2.07. The first-order valence-corrected chi connectivity index (χ1v) is 8.92. The van der Waals surface area contributed by atoms with Crippen LogP contribution in [0.4, 0.5) is 5.69 Å². The van der Waals surface area contributed by atoms with E-state index in [1.165, 1.54) is 40.8 Å². The Morgan fingerprint density at radius 1 is 1.17 bits per heavy atom. The van der Waals surface area contributed by atoms with Crippen LogP contribution >= 0.6 is 0 Å². The maximum Gasteiger partial charge on any atom is 0.374 e. The van der Waals surface area contributed by atoms with Gasteiger partial charge in [0.1, 0.15) is 18.0 Å². The summed E-state index contributed by atoms with van der Waals surface area (Å²) in [7, 11) is 0. The maximum atomic E-state index is 12.3. The number of rotatable bonds is 5. The Hall–Kier alpha value is -4.27. The molecule has 3 aromatic heterocycles. The number of nitro groups is 1. The van der Waals surface area contributed by atoms with E-state index in [4.69, 9.17) is 9.15 Å². The van der Waals surface area contributed by atoms with Crippen molar-refractivity contribution < 1.29 is 18.9 Å². The van der Waals surface area contributed by atoms with Crippen molar-refractivity contribution in [2.75, 3.05) is 0 Å². The number of non-ortho nitro benzene ring substituents is 1. The quantitative estimate of drug-likeness (QED) is 0.283. The summed E-state index contributed by atoms with van der Waals surface area (Å²) in [5.41, 5.74) is 1.82. The van der Waals surface area contributed by atoms with E-state index in [1.54, 1.807) is 31.2 Å². The van der Waals surface area contributed by atoms with Crippen molar-refractivity contribution in [3.05, 3.63) is 98.3 Å². The zero-order valence-electron chi connectivity index (χ0n) is 15.8. The van der Waals surface area contributed by atoms with Crippen LogP contribution in [-0.4, -0.2) is 20.3 Å². The number of furan rings is 1. The van der Waals surface area contributed by atoms with Gasteiger partial charge in [0.05, 0.1) is 10.6 Å². The van der Waals surface area contributed by atoms with Gasteiger partial charge >= 0.3 is 5.97 Å². The van der Waals surface area contributed by atoms with Gasteiger partial charge in [-0.05, 0) is 43.3 Å². The van der Waals surface area contributed by atoms with E-state index < -0.39 is 10.9 Å². The SMILES string of the molecule is Cc1cccc2nc(COC(=O)c3ccc(-c4ccc([N+](=O)[O-])cc4)o3)cc(=O)n12. The highest BCUT2D eigenvalue weighted by molar-refractivity contribution is 5.87. The molecule has 0 aliphatic rings. The summed E-state index contributed by atoms with van der Waals surface area (Å²) in [6.45, 7) is 1.61. The van der Waals surface area contributed by atoms with Gasteiger partial charge in [-0.1, -0.05) is 6.07 Å². The first kappa shape index (κ1) is 19.1. The van der Waals surface area contributed by atoms with Gasteiger partial charge in [-0.25, -0.2) is 9.78 Å². The summed E-state index contributed by atoms with van der Waals surface area (Å²) in [6, 6.07) is 15.4. The van der Waals surface area contributed by atoms with E-state index in [0.29, 0.717) is 22.7 Å². The molecule has 0 saturated heterocycles. The Bertz CT molecular complexity index is 1320. The molecule has 4 rings (SSSR count). The molecule has 0 bridgehead atoms. The number of pyridine rings is 1. The number of nitro benzene ring substituents is 1. The number of hydrogen-bond acceptors (Lipinski definition) is 7. The Kier molecular flexibility index (Phi) is 4.85. The van der Waals surface area contributed by atoms with Crippen LogP contribution < -0.4 is 5.56 Å². The standard InChI is InChI=1S/C21H15N3O6/c1-13-3-2-4-19-22-15(11-20(25)23(13)19)12-29-21(26)18-10-9-17(30-18)14-5-7-16(8-6-14)24(27)28/h2-11H,12H2,1H3. The van der Waals surface area contributed by atoms with Gasteiger partial charge in [-0.2, -0.15) is 0 Å². The third-order valence-electron chi connectivity index (χ3n) is 4.45. The first-order valence-electron chi connectivity index (χ1n) is 8.92. The van der Waals surface area contributed by atoms with Crippen molar-refractivity contribution in [1.82, 2.24) is 9.38 Å². The number of carbonyl (C=O) groups is 1. The molecule has 0 aliphatic carbocycles. The fourth-order valence-electron chi connectivity index (χ4n) is 3.00. The lowest BCUT2D eigenvalue weighted by Crippen LogP contribution is -2.18. The lowest BCUT2D eigenvalue weighted by atomic mass is 10.1. The summed E-state index contributed by atoms with van der Waals surface area (Å²) < 4.78 is 12.2. The zero-order valence-corrected chi connectivity index (χ0v) is 15.8. The first-order chi connectivity index (χ1) is 14.4. The van der Waals surface area contributed by atoms with Gasteiger partial charge in [0.25, 0.3) is 11.2 Å². The molecule has 9 nitrogen and oxygen atoms in total. The predicted molar refractivity (Wildman–Crippen MR) is 106 cm³/mol. The molecule has 0 aliphatic heterocycles. The Balaban J connectivity index is 1.48. The molecule has 3 heterocycles. The third-order valence-corrected chi connectivity index (χ3v) is 4.45. The number of carbonyl (C=O) groups excluding carboxylic acids is 1. The third kappa shape index (κ3) is 3.68. The van der Waals surface area contributed by atoms with Crippen LogP contribution in [0.25, 0.3) is 17.0 Å². The molecule has 0 amide bonds. The van der Waals surface area contributed by atoms with Gasteiger partial charge in [0.2, 0.25) is 5.76 Å². The zero-order chi connectivity index (χ0) is 21.3. The van der Waals surface area contributed by atoms with E-state index in [-0.39, 0.29) is 23.6 Å². The maximum absolute atomic E-state index is 12.3. The molecule has 0 radical (unpaired) electrons. The molecule has 0 N–H and O–H groups in total. The molecule has 4 aromatic rings. The molecular formula is C21H15N3O6. The molecule has 0 unspecified atom stereocenters. The lowest BCUT2D eigenvalue weighted by molar-refractivity contribution is -0.384. The van der Waals surface area contributed by atoms with Crippen LogP contribution in [0.15, 0.2) is 69.9 Å². The van der Waals surface area contributed by atoms with Crippen LogP contribution in [-0.2, 0) is 11.3 Å². The molecule has 9 heteroatoms. The van der Waals surface area contributed by atoms with Crippen molar-refractivity contribution in [2.45, 2.75) is 13.5 Å². The fraction of sp³-hybridized carbons (Fsp3) is 0.0952. The number of benzene rings is 1. The largest absolute Gasteiger partial charge is 0.453 e. The molecule has 0 fully saturated rings. The summed E-state index contributed by atoms with van der Waals surface area (Å²) >= 11 is 0. The minimum atomic E-state index is -0.714. The predicted octanol–water partition coefficient (Wildman–Crippen LogP) is 3.53. The number of hydrogen-bond donors (Lipinski definition) is 0. The van der Waals surface area contributed by atoms with Gasteiger partial charge in [0.15, 0.2) is 0 Å². The van der Waals surface area contributed by atoms with Crippen LogP contribution in [0.3, 0.4) is 0 Å². The minimum Gasteiger partial charge on any atom is -0.453 e. The summed E-state index contributed by atoms with van der Waals surface area (Å²) in [4.78, 5) is 39.2. The topological polar surface area (TPSA) is 117 Å². The van der Waals surface area contributed by atoms with Gasteiger partial charge in [-0.3, -0.25) is 19.3 Å². The highest BCUT2D eigenvalue weighted by atomic mass is 16.6. The van der Waals surface area contributed by atoms with Gasteiger partial charge < -0.3 is 9.15 Å². The van der Waals surface area contributed by atoms with E-state index in [0.717, 1.165) is 5.69 Å². The molecule has 30 heavy (non-hydrogen) atoms. The smallest absolute Gasteiger partial charge is 0.374 e. The highest BCUT2D eigenvalue weighted by Gasteiger charge is 2.15. The number of aromatic nitrogens is 2. The van der Waals surface area contributed by atoms with Crippen molar-refractivity contribution in [2.24, 2.45) is 0 Å². The number of nitrogens with zero attached hydrogens (tertiary/aromatic N) is 3. The second-order valence-electron chi connectivity index (χ2n) is 6.49. The Morgan fingerprint density at radius 2 is 1.93 bits per heavy atom. The molecule has 0 saturated carbocycles.